The van der Waals surface area contributed by atoms with Gasteiger partial charge < -0.3 is 0 Å². The third-order valence-corrected chi connectivity index (χ3v) is 2.88. The number of nitrogens with zero attached hydrogens (tertiary/aromatic N) is 1. The van der Waals surface area contributed by atoms with E-state index in [1.165, 1.54) is 0 Å². The highest BCUT2D eigenvalue weighted by atomic mass is 35.5. The summed E-state index contributed by atoms with van der Waals surface area (Å²) in [6.07, 6.45) is 1.77. The summed E-state index contributed by atoms with van der Waals surface area (Å²) in [6, 6.07) is 13.3. The van der Waals surface area contributed by atoms with Gasteiger partial charge in [0.2, 0.25) is 0 Å². The molecule has 0 radical (unpaired) electrons. The molecule has 2 rings (SSSR count). The van der Waals surface area contributed by atoms with Crippen molar-refractivity contribution in [3.8, 4) is 0 Å². The molecule has 0 unspecified atom stereocenters. The van der Waals surface area contributed by atoms with Crippen molar-refractivity contribution in [3.63, 3.8) is 0 Å². The zero-order chi connectivity index (χ0) is 12.3. The molecule has 17 heavy (non-hydrogen) atoms. The second-order valence-electron chi connectivity index (χ2n) is 3.76. The van der Waals surface area contributed by atoms with Gasteiger partial charge in [0, 0.05) is 11.2 Å². The van der Waals surface area contributed by atoms with Crippen LogP contribution < -0.4 is 0 Å². The van der Waals surface area contributed by atoms with E-state index < -0.39 is 0 Å². The third-order valence-electron chi connectivity index (χ3n) is 2.33. The number of halogens is 2. The summed E-state index contributed by atoms with van der Waals surface area (Å²) in [5.74, 6) is 0. The zero-order valence-electron chi connectivity index (χ0n) is 9.32. The van der Waals surface area contributed by atoms with Crippen LogP contribution >= 0.6 is 23.2 Å². The molecule has 0 N–H and O–H groups in total. The predicted molar refractivity (Wildman–Crippen MR) is 74.9 cm³/mol. The molecule has 2 aromatic carbocycles. The lowest BCUT2D eigenvalue weighted by Gasteiger charge is -1.99. The summed E-state index contributed by atoms with van der Waals surface area (Å²) in [7, 11) is 0. The Morgan fingerprint density at radius 1 is 1.00 bits per heavy atom. The zero-order valence-corrected chi connectivity index (χ0v) is 10.8. The average Bonchev–Trinajstić information content (AvgIpc) is 2.30. The lowest BCUT2D eigenvalue weighted by Crippen LogP contribution is -1.80. The molecule has 0 saturated carbocycles. The summed E-state index contributed by atoms with van der Waals surface area (Å²) in [6.45, 7) is 2.00. The topological polar surface area (TPSA) is 12.4 Å². The number of hydrogen-bond acceptors (Lipinski definition) is 1. The van der Waals surface area contributed by atoms with Crippen molar-refractivity contribution < 1.29 is 0 Å². The largest absolute Gasteiger partial charge is 0.255 e. The molecule has 2 aromatic rings. The highest BCUT2D eigenvalue weighted by Crippen LogP contribution is 2.25. The summed E-state index contributed by atoms with van der Waals surface area (Å²) in [4.78, 5) is 4.35. The van der Waals surface area contributed by atoms with E-state index in [2.05, 4.69) is 4.99 Å². The van der Waals surface area contributed by atoms with Gasteiger partial charge in [-0.1, -0.05) is 41.4 Å². The lowest BCUT2D eigenvalue weighted by molar-refractivity contribution is 1.44. The molecular weight excluding hydrogens is 253 g/mol. The highest BCUT2D eigenvalue weighted by Gasteiger charge is 1.97. The standard InChI is InChI=1S/C14H11Cl2N/c1-10-2-7-14(13(16)8-10)17-9-11-3-5-12(15)6-4-11/h2-9H,1H3. The molecule has 0 aliphatic rings. The second kappa shape index (κ2) is 5.35. The molecule has 86 valence electrons. The Bertz CT molecular complexity index is 545. The van der Waals surface area contributed by atoms with Crippen LogP contribution in [-0.4, -0.2) is 6.21 Å². The Labute approximate surface area is 111 Å². The first-order valence-corrected chi connectivity index (χ1v) is 5.96. The van der Waals surface area contributed by atoms with Crippen LogP contribution in [0.3, 0.4) is 0 Å². The van der Waals surface area contributed by atoms with Crippen LogP contribution in [0.4, 0.5) is 5.69 Å². The molecule has 1 nitrogen and oxygen atoms in total. The van der Waals surface area contributed by atoms with Crippen LogP contribution in [0.2, 0.25) is 10.0 Å². The van der Waals surface area contributed by atoms with Gasteiger partial charge in [0.05, 0.1) is 10.7 Å². The van der Waals surface area contributed by atoms with Crippen LogP contribution in [0, 0.1) is 6.92 Å². The van der Waals surface area contributed by atoms with Gasteiger partial charge in [0.15, 0.2) is 0 Å². The summed E-state index contributed by atoms with van der Waals surface area (Å²) in [5.41, 5.74) is 2.89. The van der Waals surface area contributed by atoms with Crippen molar-refractivity contribution >= 4 is 35.1 Å². The number of aliphatic imine (C=N–C) groups is 1. The molecule has 0 bridgehead atoms. The smallest absolute Gasteiger partial charge is 0.0816 e. The van der Waals surface area contributed by atoms with Crippen molar-refractivity contribution in [2.45, 2.75) is 6.92 Å². The van der Waals surface area contributed by atoms with Crippen molar-refractivity contribution in [2.24, 2.45) is 4.99 Å². The van der Waals surface area contributed by atoms with Gasteiger partial charge in [-0.25, -0.2) is 0 Å². The van der Waals surface area contributed by atoms with Gasteiger partial charge in [0.1, 0.15) is 0 Å². The first-order chi connectivity index (χ1) is 8.15. The quantitative estimate of drug-likeness (QED) is 0.673. The molecule has 0 atom stereocenters. The molecule has 0 fully saturated rings. The predicted octanol–water partition coefficient (Wildman–Crippen LogP) is 5.05. The van der Waals surface area contributed by atoms with Gasteiger partial charge in [-0.05, 0) is 42.3 Å². The molecular formula is C14H11Cl2N. The maximum absolute atomic E-state index is 6.09. The van der Waals surface area contributed by atoms with Crippen LogP contribution in [0.5, 0.6) is 0 Å². The van der Waals surface area contributed by atoms with Gasteiger partial charge in [-0.2, -0.15) is 0 Å². The van der Waals surface area contributed by atoms with Gasteiger partial charge >= 0.3 is 0 Å². The van der Waals surface area contributed by atoms with E-state index >= 15 is 0 Å². The molecule has 0 heterocycles. The first kappa shape index (κ1) is 12.2. The van der Waals surface area contributed by atoms with E-state index in [1.54, 1.807) is 6.21 Å². The summed E-state index contributed by atoms with van der Waals surface area (Å²) in [5, 5.41) is 1.38. The first-order valence-electron chi connectivity index (χ1n) is 5.21. The van der Waals surface area contributed by atoms with Crippen molar-refractivity contribution in [1.29, 1.82) is 0 Å². The number of hydrogen-bond donors (Lipinski definition) is 0. The molecule has 0 saturated heterocycles. The maximum atomic E-state index is 6.09. The van der Waals surface area contributed by atoms with Crippen molar-refractivity contribution in [2.75, 3.05) is 0 Å². The number of rotatable bonds is 2. The lowest BCUT2D eigenvalue weighted by atomic mass is 10.2. The second-order valence-corrected chi connectivity index (χ2v) is 4.61. The van der Waals surface area contributed by atoms with E-state index in [9.17, 15) is 0 Å². The summed E-state index contributed by atoms with van der Waals surface area (Å²) >= 11 is 11.9. The number of benzene rings is 2. The fourth-order valence-electron chi connectivity index (χ4n) is 1.41. The Balaban J connectivity index is 2.23. The Hall–Kier alpha value is -1.31. The normalized spacial score (nSPS) is 11.0. The number of aryl methyl sites for hydroxylation is 1. The maximum Gasteiger partial charge on any atom is 0.0816 e. The summed E-state index contributed by atoms with van der Waals surface area (Å²) < 4.78 is 0. The Morgan fingerprint density at radius 2 is 1.71 bits per heavy atom. The van der Waals surface area contributed by atoms with Gasteiger partial charge in [-0.15, -0.1) is 0 Å². The van der Waals surface area contributed by atoms with Gasteiger partial charge in [-0.3, -0.25) is 4.99 Å². The molecule has 3 heteroatoms. The molecule has 0 aliphatic carbocycles. The monoisotopic (exact) mass is 263 g/mol. The van der Waals surface area contributed by atoms with Crippen LogP contribution in [0.1, 0.15) is 11.1 Å². The highest BCUT2D eigenvalue weighted by molar-refractivity contribution is 6.33. The van der Waals surface area contributed by atoms with Crippen LogP contribution in [0.25, 0.3) is 0 Å². The molecule has 0 aromatic heterocycles. The Kier molecular flexibility index (Phi) is 3.82. The fourth-order valence-corrected chi connectivity index (χ4v) is 1.82. The van der Waals surface area contributed by atoms with Gasteiger partial charge in [0.25, 0.3) is 0 Å². The van der Waals surface area contributed by atoms with Crippen LogP contribution in [0.15, 0.2) is 47.5 Å². The molecule has 0 aliphatic heterocycles. The van der Waals surface area contributed by atoms with E-state index in [0.717, 1.165) is 21.8 Å². The van der Waals surface area contributed by atoms with E-state index in [-0.39, 0.29) is 0 Å². The van der Waals surface area contributed by atoms with Crippen LogP contribution in [-0.2, 0) is 0 Å². The minimum atomic E-state index is 0.662. The molecule has 0 amide bonds. The van der Waals surface area contributed by atoms with Crippen molar-refractivity contribution in [3.05, 3.63) is 63.6 Å². The fraction of sp³-hybridized carbons (Fsp3) is 0.0714. The third kappa shape index (κ3) is 3.32. The van der Waals surface area contributed by atoms with E-state index in [1.807, 2.05) is 49.4 Å². The average molecular weight is 264 g/mol. The van der Waals surface area contributed by atoms with Crippen molar-refractivity contribution in [1.82, 2.24) is 0 Å². The Morgan fingerprint density at radius 3 is 2.35 bits per heavy atom. The van der Waals surface area contributed by atoms with E-state index in [0.29, 0.717) is 5.02 Å². The SMILES string of the molecule is Cc1ccc(N=Cc2ccc(Cl)cc2)c(Cl)c1. The van der Waals surface area contributed by atoms with E-state index in [4.69, 9.17) is 23.2 Å². The minimum absolute atomic E-state index is 0.662. The minimum Gasteiger partial charge on any atom is -0.255 e. The molecule has 0 spiro atoms.